The number of pyridine rings is 1. The third-order valence-electron chi connectivity index (χ3n) is 3.76. The predicted molar refractivity (Wildman–Crippen MR) is 75.6 cm³/mol. The molecule has 0 bridgehead atoms. The van der Waals surface area contributed by atoms with Gasteiger partial charge >= 0.3 is 5.69 Å². The number of hydrogen-bond acceptors (Lipinski definition) is 4. The lowest BCUT2D eigenvalue weighted by Crippen LogP contribution is -2.28. The van der Waals surface area contributed by atoms with E-state index in [2.05, 4.69) is 17.2 Å². The van der Waals surface area contributed by atoms with E-state index in [1.807, 2.05) is 0 Å². The monoisotopic (exact) mass is 283 g/mol. The van der Waals surface area contributed by atoms with E-state index in [0.717, 1.165) is 0 Å². The van der Waals surface area contributed by atoms with Gasteiger partial charge in [0.25, 0.3) is 0 Å². The molecule has 1 saturated carbocycles. The molecule has 6 heteroatoms. The molecule has 5 nitrogen and oxygen atoms in total. The fourth-order valence-corrected chi connectivity index (χ4v) is 2.80. The van der Waals surface area contributed by atoms with Gasteiger partial charge in [0.2, 0.25) is 5.82 Å². The molecular weight excluding hydrogens is 266 g/mol. The molecular formula is C13H18ClN3O2. The predicted octanol–water partition coefficient (Wildman–Crippen LogP) is 4.02. The molecule has 1 aliphatic carbocycles. The van der Waals surface area contributed by atoms with E-state index in [1.54, 1.807) is 0 Å². The van der Waals surface area contributed by atoms with Crippen LogP contribution in [0.3, 0.4) is 0 Å². The Bertz CT molecular complexity index is 461. The van der Waals surface area contributed by atoms with Gasteiger partial charge in [0.1, 0.15) is 5.15 Å². The normalized spacial score (nSPS) is 18.0. The molecule has 0 amide bonds. The maximum absolute atomic E-state index is 11.0. The zero-order chi connectivity index (χ0) is 13.8. The third-order valence-corrected chi connectivity index (χ3v) is 3.97. The maximum atomic E-state index is 11.0. The van der Waals surface area contributed by atoms with E-state index in [0.29, 0.717) is 5.92 Å². The summed E-state index contributed by atoms with van der Waals surface area (Å²) in [6.45, 7) is 2.06. The van der Waals surface area contributed by atoms with Gasteiger partial charge < -0.3 is 5.32 Å². The first-order valence-electron chi connectivity index (χ1n) is 6.65. The number of aromatic nitrogens is 1. The van der Waals surface area contributed by atoms with Crippen molar-refractivity contribution in [3.63, 3.8) is 0 Å². The highest BCUT2D eigenvalue weighted by atomic mass is 35.5. The number of hydrogen-bond donors (Lipinski definition) is 1. The number of anilines is 1. The van der Waals surface area contributed by atoms with Crippen LogP contribution < -0.4 is 5.32 Å². The van der Waals surface area contributed by atoms with Crippen LogP contribution in [0.5, 0.6) is 0 Å². The Labute approximate surface area is 117 Å². The van der Waals surface area contributed by atoms with Crippen molar-refractivity contribution in [2.24, 2.45) is 5.92 Å². The summed E-state index contributed by atoms with van der Waals surface area (Å²) in [5, 5.41) is 14.4. The molecule has 0 aromatic carbocycles. The molecule has 19 heavy (non-hydrogen) atoms. The fraction of sp³-hybridized carbons (Fsp3) is 0.615. The number of rotatable bonds is 4. The van der Waals surface area contributed by atoms with Gasteiger partial charge in [-0.05, 0) is 31.7 Å². The minimum Gasteiger partial charge on any atom is -0.362 e. The Kier molecular flexibility index (Phi) is 4.58. The zero-order valence-electron chi connectivity index (χ0n) is 10.9. The molecule has 0 saturated heterocycles. The Morgan fingerprint density at radius 1 is 1.42 bits per heavy atom. The van der Waals surface area contributed by atoms with Crippen LogP contribution in [0.4, 0.5) is 11.5 Å². The first-order valence-corrected chi connectivity index (χ1v) is 7.03. The number of nitrogens with zero attached hydrogens (tertiary/aromatic N) is 2. The Morgan fingerprint density at radius 2 is 2.11 bits per heavy atom. The van der Waals surface area contributed by atoms with E-state index in [1.165, 1.54) is 44.2 Å². The lowest BCUT2D eigenvalue weighted by molar-refractivity contribution is -0.384. The zero-order valence-corrected chi connectivity index (χ0v) is 11.7. The van der Waals surface area contributed by atoms with Gasteiger partial charge in [-0.25, -0.2) is 4.98 Å². The van der Waals surface area contributed by atoms with Crippen LogP contribution in [0.15, 0.2) is 12.1 Å². The molecule has 1 aromatic heterocycles. The SMILES string of the molecule is CC(Nc1nc(Cl)ccc1[N+](=O)[O-])C1CCCCC1. The Hall–Kier alpha value is -1.36. The van der Waals surface area contributed by atoms with Crippen LogP contribution in [-0.4, -0.2) is 15.9 Å². The highest BCUT2D eigenvalue weighted by molar-refractivity contribution is 6.29. The second-order valence-electron chi connectivity index (χ2n) is 5.09. The summed E-state index contributed by atoms with van der Waals surface area (Å²) < 4.78 is 0. The van der Waals surface area contributed by atoms with Gasteiger partial charge in [-0.2, -0.15) is 0 Å². The summed E-state index contributed by atoms with van der Waals surface area (Å²) >= 11 is 5.82. The van der Waals surface area contributed by atoms with E-state index < -0.39 is 4.92 Å². The van der Waals surface area contributed by atoms with Crippen LogP contribution in [0, 0.1) is 16.0 Å². The van der Waals surface area contributed by atoms with Crippen molar-refractivity contribution >= 4 is 23.1 Å². The van der Waals surface area contributed by atoms with Crippen molar-refractivity contribution in [1.29, 1.82) is 0 Å². The average Bonchev–Trinajstić information content (AvgIpc) is 2.39. The molecule has 2 rings (SSSR count). The van der Waals surface area contributed by atoms with Crippen molar-refractivity contribution in [1.82, 2.24) is 4.98 Å². The van der Waals surface area contributed by atoms with Crippen LogP contribution in [0.2, 0.25) is 5.15 Å². The average molecular weight is 284 g/mol. The molecule has 1 fully saturated rings. The Morgan fingerprint density at radius 3 is 2.74 bits per heavy atom. The first kappa shape index (κ1) is 14.1. The van der Waals surface area contributed by atoms with Crippen LogP contribution >= 0.6 is 11.6 Å². The number of nitrogens with one attached hydrogen (secondary N) is 1. The van der Waals surface area contributed by atoms with Gasteiger partial charge in [0.15, 0.2) is 0 Å². The molecule has 1 heterocycles. The topological polar surface area (TPSA) is 68.1 Å². The minimum atomic E-state index is -0.431. The first-order chi connectivity index (χ1) is 9.08. The number of nitro groups is 1. The maximum Gasteiger partial charge on any atom is 0.311 e. The second kappa shape index (κ2) is 6.19. The van der Waals surface area contributed by atoms with Gasteiger partial charge in [-0.15, -0.1) is 0 Å². The fourth-order valence-electron chi connectivity index (χ4n) is 2.65. The van der Waals surface area contributed by atoms with Crippen molar-refractivity contribution in [3.05, 3.63) is 27.4 Å². The highest BCUT2D eigenvalue weighted by Crippen LogP contribution is 2.30. The van der Waals surface area contributed by atoms with E-state index in [9.17, 15) is 10.1 Å². The van der Waals surface area contributed by atoms with Gasteiger partial charge in [-0.1, -0.05) is 30.9 Å². The smallest absolute Gasteiger partial charge is 0.311 e. The standard InChI is InChI=1S/C13H18ClN3O2/c1-9(10-5-3-2-4-6-10)15-13-11(17(18)19)7-8-12(14)16-13/h7-10H,2-6H2,1H3,(H,15,16). The summed E-state index contributed by atoms with van der Waals surface area (Å²) in [4.78, 5) is 14.6. The van der Waals surface area contributed by atoms with Crippen molar-refractivity contribution in [3.8, 4) is 0 Å². The second-order valence-corrected chi connectivity index (χ2v) is 5.48. The summed E-state index contributed by atoms with van der Waals surface area (Å²) in [7, 11) is 0. The molecule has 0 aliphatic heterocycles. The largest absolute Gasteiger partial charge is 0.362 e. The van der Waals surface area contributed by atoms with E-state index in [4.69, 9.17) is 11.6 Å². The third kappa shape index (κ3) is 3.56. The summed E-state index contributed by atoms with van der Waals surface area (Å²) in [6.07, 6.45) is 6.10. The molecule has 1 N–H and O–H groups in total. The van der Waals surface area contributed by atoms with Crippen LogP contribution in [0.25, 0.3) is 0 Å². The molecule has 0 radical (unpaired) electrons. The van der Waals surface area contributed by atoms with Crippen LogP contribution in [-0.2, 0) is 0 Å². The summed E-state index contributed by atoms with van der Waals surface area (Å²) in [6, 6.07) is 3.01. The van der Waals surface area contributed by atoms with Gasteiger partial charge in [0.05, 0.1) is 4.92 Å². The molecule has 1 aromatic rings. The molecule has 1 aliphatic rings. The number of halogens is 1. The summed E-state index contributed by atoms with van der Waals surface area (Å²) in [5.41, 5.74) is -0.0212. The molecule has 104 valence electrons. The van der Waals surface area contributed by atoms with Crippen molar-refractivity contribution < 1.29 is 4.92 Å². The quantitative estimate of drug-likeness (QED) is 0.515. The molecule has 1 unspecified atom stereocenters. The minimum absolute atomic E-state index is 0.0212. The lowest BCUT2D eigenvalue weighted by atomic mass is 9.84. The van der Waals surface area contributed by atoms with Gasteiger partial charge in [-0.3, -0.25) is 10.1 Å². The molecule has 1 atom stereocenters. The van der Waals surface area contributed by atoms with Crippen molar-refractivity contribution in [2.75, 3.05) is 5.32 Å². The summed E-state index contributed by atoms with van der Waals surface area (Å²) in [5.74, 6) is 0.824. The Balaban J connectivity index is 2.12. The van der Waals surface area contributed by atoms with Crippen molar-refractivity contribution in [2.45, 2.75) is 45.1 Å². The van der Waals surface area contributed by atoms with Crippen LogP contribution in [0.1, 0.15) is 39.0 Å². The highest BCUT2D eigenvalue weighted by Gasteiger charge is 2.23. The molecule has 0 spiro atoms. The van der Waals surface area contributed by atoms with E-state index >= 15 is 0 Å². The van der Waals surface area contributed by atoms with E-state index in [-0.39, 0.29) is 22.7 Å². The van der Waals surface area contributed by atoms with Gasteiger partial charge in [0, 0.05) is 12.1 Å². The lowest BCUT2D eigenvalue weighted by Gasteiger charge is -2.28.